The molecule has 0 radical (unpaired) electrons. The van der Waals surface area contributed by atoms with Gasteiger partial charge in [-0.25, -0.2) is 4.79 Å². The van der Waals surface area contributed by atoms with Crippen molar-refractivity contribution >= 4 is 33.7 Å². The van der Waals surface area contributed by atoms with E-state index < -0.39 is 5.97 Å². The van der Waals surface area contributed by atoms with Gasteiger partial charge in [-0.3, -0.25) is 14.8 Å². The van der Waals surface area contributed by atoms with Crippen molar-refractivity contribution in [2.75, 3.05) is 26.2 Å². The molecule has 0 saturated carbocycles. The number of benzene rings is 2. The van der Waals surface area contributed by atoms with Gasteiger partial charge in [0.25, 0.3) is 0 Å². The second kappa shape index (κ2) is 7.55. The van der Waals surface area contributed by atoms with Gasteiger partial charge < -0.3 is 15.0 Å². The lowest BCUT2D eigenvalue weighted by Crippen LogP contribution is -2.47. The maximum atomic E-state index is 11.5. The molecule has 1 amide bonds. The molecule has 8 heteroatoms. The van der Waals surface area contributed by atoms with Crippen molar-refractivity contribution < 1.29 is 14.7 Å². The Morgan fingerprint density at radius 3 is 2.58 bits per heavy atom. The highest BCUT2D eigenvalue weighted by atomic mass is 16.4. The molecule has 0 spiro atoms. The van der Waals surface area contributed by atoms with E-state index in [1.54, 1.807) is 25.1 Å². The minimum Gasteiger partial charge on any atom is -0.478 e. The first kappa shape index (κ1) is 19.3. The molecule has 3 N–H and O–H groups in total. The number of hydrogen-bond donors (Lipinski definition) is 3. The SMILES string of the molecule is CC(=O)N1CCN(Cc2ccc3[nH]c(-c4n[nH]c5cc(C(=O)O)ccc45)cc3c2)CC1. The van der Waals surface area contributed by atoms with E-state index in [1.165, 1.54) is 5.56 Å². The monoisotopic (exact) mass is 417 g/mol. The topological polar surface area (TPSA) is 105 Å². The summed E-state index contributed by atoms with van der Waals surface area (Å²) in [4.78, 5) is 30.4. The number of aromatic carboxylic acids is 1. The van der Waals surface area contributed by atoms with Crippen molar-refractivity contribution in [2.24, 2.45) is 0 Å². The summed E-state index contributed by atoms with van der Waals surface area (Å²) in [6.45, 7) is 5.80. The number of rotatable bonds is 4. The number of aromatic amines is 2. The largest absolute Gasteiger partial charge is 0.478 e. The third kappa shape index (κ3) is 3.66. The highest BCUT2D eigenvalue weighted by Gasteiger charge is 2.19. The quantitative estimate of drug-likeness (QED) is 0.473. The number of hydrogen-bond acceptors (Lipinski definition) is 4. The number of nitrogens with one attached hydrogen (secondary N) is 2. The number of amides is 1. The van der Waals surface area contributed by atoms with Crippen molar-refractivity contribution in [3.8, 4) is 11.4 Å². The molecule has 1 aliphatic rings. The Labute approximate surface area is 178 Å². The zero-order valence-corrected chi connectivity index (χ0v) is 17.2. The zero-order valence-electron chi connectivity index (χ0n) is 17.2. The summed E-state index contributed by atoms with van der Waals surface area (Å²) in [7, 11) is 0. The van der Waals surface area contributed by atoms with Crippen LogP contribution >= 0.6 is 0 Å². The lowest BCUT2D eigenvalue weighted by molar-refractivity contribution is -0.130. The van der Waals surface area contributed by atoms with Crippen LogP contribution in [0, 0.1) is 0 Å². The van der Waals surface area contributed by atoms with E-state index in [0.717, 1.165) is 60.4 Å². The Morgan fingerprint density at radius 2 is 1.84 bits per heavy atom. The predicted octanol–water partition coefficient (Wildman–Crippen LogP) is 3.07. The van der Waals surface area contributed by atoms with Crippen LogP contribution in [0.1, 0.15) is 22.8 Å². The normalized spacial score (nSPS) is 15.1. The minimum atomic E-state index is -0.959. The maximum Gasteiger partial charge on any atom is 0.335 e. The number of carboxylic acids is 1. The van der Waals surface area contributed by atoms with Crippen molar-refractivity contribution in [3.05, 3.63) is 53.6 Å². The van der Waals surface area contributed by atoms with Gasteiger partial charge in [0.2, 0.25) is 5.91 Å². The Morgan fingerprint density at radius 1 is 1.03 bits per heavy atom. The molecule has 158 valence electrons. The molecule has 2 aromatic carbocycles. The highest BCUT2D eigenvalue weighted by molar-refractivity contribution is 5.99. The number of fused-ring (bicyclic) bond motifs is 2. The van der Waals surface area contributed by atoms with Crippen molar-refractivity contribution in [1.29, 1.82) is 0 Å². The molecule has 0 unspecified atom stereocenters. The average Bonchev–Trinajstić information content (AvgIpc) is 3.37. The second-order valence-corrected chi connectivity index (χ2v) is 8.02. The number of piperazine rings is 1. The number of carbonyl (C=O) groups is 2. The standard InChI is InChI=1S/C23H23N5O3/c1-14(29)28-8-6-27(7-9-28)13-15-2-5-19-17(10-15)12-21(24-19)22-18-4-3-16(23(30)31)11-20(18)25-26-22/h2-5,10-12,24H,6-9,13H2,1H3,(H,25,26)(H,30,31). The lowest BCUT2D eigenvalue weighted by Gasteiger charge is -2.34. The van der Waals surface area contributed by atoms with Crippen LogP contribution in [0.2, 0.25) is 0 Å². The molecule has 2 aromatic heterocycles. The summed E-state index contributed by atoms with van der Waals surface area (Å²) in [5, 5.41) is 18.5. The number of carboxylic acid groups (broad SMARTS) is 1. The summed E-state index contributed by atoms with van der Waals surface area (Å²) >= 11 is 0. The summed E-state index contributed by atoms with van der Waals surface area (Å²) in [5.74, 6) is -0.815. The molecule has 3 heterocycles. The van der Waals surface area contributed by atoms with Crippen LogP contribution < -0.4 is 0 Å². The molecule has 0 aliphatic carbocycles. The molecular formula is C23H23N5O3. The van der Waals surface area contributed by atoms with Crippen LogP contribution in [-0.2, 0) is 11.3 Å². The van der Waals surface area contributed by atoms with Crippen molar-refractivity contribution in [2.45, 2.75) is 13.5 Å². The molecule has 0 bridgehead atoms. The summed E-state index contributed by atoms with van der Waals surface area (Å²) in [6.07, 6.45) is 0. The maximum absolute atomic E-state index is 11.5. The van der Waals surface area contributed by atoms with Gasteiger partial charge in [0.1, 0.15) is 5.69 Å². The molecule has 0 atom stereocenters. The van der Waals surface area contributed by atoms with Crippen molar-refractivity contribution in [3.63, 3.8) is 0 Å². The average molecular weight is 417 g/mol. The van der Waals surface area contributed by atoms with Gasteiger partial charge in [-0.2, -0.15) is 5.10 Å². The van der Waals surface area contributed by atoms with Crippen LogP contribution in [0.25, 0.3) is 33.2 Å². The fraction of sp³-hybridized carbons (Fsp3) is 0.261. The van der Waals surface area contributed by atoms with E-state index in [2.05, 4.69) is 44.3 Å². The van der Waals surface area contributed by atoms with Gasteiger partial charge in [-0.1, -0.05) is 6.07 Å². The predicted molar refractivity (Wildman–Crippen MR) is 118 cm³/mol. The van der Waals surface area contributed by atoms with E-state index in [4.69, 9.17) is 0 Å². The fourth-order valence-electron chi connectivity index (χ4n) is 4.25. The third-order valence-electron chi connectivity index (χ3n) is 5.97. The highest BCUT2D eigenvalue weighted by Crippen LogP contribution is 2.29. The van der Waals surface area contributed by atoms with Gasteiger partial charge >= 0.3 is 5.97 Å². The van der Waals surface area contributed by atoms with Gasteiger partial charge in [-0.05, 0) is 42.0 Å². The molecule has 5 rings (SSSR count). The Hall–Kier alpha value is -3.65. The van der Waals surface area contributed by atoms with E-state index in [0.29, 0.717) is 5.52 Å². The van der Waals surface area contributed by atoms with E-state index in [9.17, 15) is 14.7 Å². The fourth-order valence-corrected chi connectivity index (χ4v) is 4.25. The van der Waals surface area contributed by atoms with Crippen molar-refractivity contribution in [1.82, 2.24) is 25.0 Å². The van der Waals surface area contributed by atoms with Gasteiger partial charge in [0, 0.05) is 55.9 Å². The first-order chi connectivity index (χ1) is 15.0. The first-order valence-electron chi connectivity index (χ1n) is 10.3. The molecule has 4 aromatic rings. The number of nitrogens with zero attached hydrogens (tertiary/aromatic N) is 3. The minimum absolute atomic E-state index is 0.144. The summed E-state index contributed by atoms with van der Waals surface area (Å²) < 4.78 is 0. The van der Waals surface area contributed by atoms with E-state index in [1.807, 2.05) is 4.90 Å². The molecular weight excluding hydrogens is 394 g/mol. The zero-order chi connectivity index (χ0) is 21.5. The van der Waals surface area contributed by atoms with Crippen LogP contribution in [0.3, 0.4) is 0 Å². The van der Waals surface area contributed by atoms with Gasteiger partial charge in [0.15, 0.2) is 0 Å². The third-order valence-corrected chi connectivity index (χ3v) is 5.97. The van der Waals surface area contributed by atoms with E-state index in [-0.39, 0.29) is 11.5 Å². The van der Waals surface area contributed by atoms with Crippen LogP contribution in [-0.4, -0.2) is 68.1 Å². The smallest absolute Gasteiger partial charge is 0.335 e. The second-order valence-electron chi connectivity index (χ2n) is 8.02. The first-order valence-corrected chi connectivity index (χ1v) is 10.3. The molecule has 1 saturated heterocycles. The van der Waals surface area contributed by atoms with Crippen LogP contribution in [0.5, 0.6) is 0 Å². The van der Waals surface area contributed by atoms with Crippen LogP contribution in [0.15, 0.2) is 42.5 Å². The number of H-pyrrole nitrogens is 2. The molecule has 8 nitrogen and oxygen atoms in total. The Kier molecular flexibility index (Phi) is 4.71. The Balaban J connectivity index is 1.38. The van der Waals surface area contributed by atoms with Gasteiger partial charge in [0.05, 0.1) is 16.8 Å². The number of carbonyl (C=O) groups excluding carboxylic acids is 1. The van der Waals surface area contributed by atoms with Gasteiger partial charge in [-0.15, -0.1) is 0 Å². The Bertz CT molecular complexity index is 1300. The lowest BCUT2D eigenvalue weighted by atomic mass is 10.1. The summed E-state index contributed by atoms with van der Waals surface area (Å²) in [5.41, 5.74) is 4.83. The van der Waals surface area contributed by atoms with Crippen LogP contribution in [0.4, 0.5) is 0 Å². The number of aromatic nitrogens is 3. The molecule has 1 aliphatic heterocycles. The molecule has 31 heavy (non-hydrogen) atoms. The summed E-state index contributed by atoms with van der Waals surface area (Å²) in [6, 6.07) is 13.4. The molecule has 1 fully saturated rings. The van der Waals surface area contributed by atoms with E-state index >= 15 is 0 Å².